The number of nitrogens with zero attached hydrogens (tertiary/aromatic N) is 1. The number of likely N-dealkylation sites (tertiary alicyclic amines) is 1. The van der Waals surface area contributed by atoms with Crippen molar-refractivity contribution in [3.63, 3.8) is 0 Å². The van der Waals surface area contributed by atoms with Gasteiger partial charge in [-0.25, -0.2) is 13.1 Å². The zero-order chi connectivity index (χ0) is 24.9. The number of para-hydroxylation sites is 2. The average molecular weight is 489 g/mol. The lowest BCUT2D eigenvalue weighted by Crippen LogP contribution is -2.47. The Hall–Kier alpha value is -2.95. The smallest absolute Gasteiger partial charge is 0.241 e. The third-order valence-electron chi connectivity index (χ3n) is 5.81. The van der Waals surface area contributed by atoms with Crippen molar-refractivity contribution in [3.05, 3.63) is 48.5 Å². The van der Waals surface area contributed by atoms with Crippen molar-refractivity contribution in [1.82, 2.24) is 9.62 Å². The molecule has 0 radical (unpaired) electrons. The maximum absolute atomic E-state index is 12.7. The number of benzene rings is 2. The summed E-state index contributed by atoms with van der Waals surface area (Å²) in [5.41, 5.74) is 0.902. The summed E-state index contributed by atoms with van der Waals surface area (Å²) in [7, 11) is -3.59. The van der Waals surface area contributed by atoms with Gasteiger partial charge >= 0.3 is 0 Å². The highest BCUT2D eigenvalue weighted by atomic mass is 32.2. The molecule has 0 aliphatic carbocycles. The minimum atomic E-state index is -3.59. The molecule has 1 aliphatic rings. The zero-order valence-electron chi connectivity index (χ0n) is 19.6. The Kier molecular flexibility index (Phi) is 8.29. The van der Waals surface area contributed by atoms with E-state index in [0.717, 1.165) is 0 Å². The fourth-order valence-electron chi connectivity index (χ4n) is 3.87. The molecule has 0 bridgehead atoms. The lowest BCUT2D eigenvalue weighted by molar-refractivity contribution is -0.123. The predicted molar refractivity (Wildman–Crippen MR) is 131 cm³/mol. The van der Waals surface area contributed by atoms with Crippen LogP contribution in [0.1, 0.15) is 33.6 Å². The van der Waals surface area contributed by atoms with Crippen LogP contribution in [0, 0.1) is 5.92 Å². The van der Waals surface area contributed by atoms with E-state index in [1.807, 2.05) is 11.8 Å². The van der Waals surface area contributed by atoms with Crippen molar-refractivity contribution >= 4 is 33.2 Å². The number of aromatic hydroxyl groups is 1. The summed E-state index contributed by atoms with van der Waals surface area (Å²) in [6.07, 6.45) is 1.21. The van der Waals surface area contributed by atoms with Gasteiger partial charge < -0.3 is 15.7 Å². The van der Waals surface area contributed by atoms with Crippen molar-refractivity contribution in [2.45, 2.75) is 50.6 Å². The maximum Gasteiger partial charge on any atom is 0.241 e. The van der Waals surface area contributed by atoms with E-state index in [1.54, 1.807) is 44.2 Å². The number of sulfonamides is 1. The minimum absolute atomic E-state index is 0.0281. The Balaban J connectivity index is 1.51. The number of hydrogen-bond donors (Lipinski definition) is 4. The fraction of sp³-hybridized carbons (Fsp3) is 0.417. The summed E-state index contributed by atoms with van der Waals surface area (Å²) in [5.74, 6) is -0.506. The van der Waals surface area contributed by atoms with Gasteiger partial charge in [0.15, 0.2) is 0 Å². The summed E-state index contributed by atoms with van der Waals surface area (Å²) in [6.45, 7) is 6.48. The molecule has 10 heteroatoms. The van der Waals surface area contributed by atoms with E-state index in [0.29, 0.717) is 37.3 Å². The molecule has 1 atom stereocenters. The molecule has 0 aromatic heterocycles. The van der Waals surface area contributed by atoms with Crippen molar-refractivity contribution < 1.29 is 23.1 Å². The molecule has 34 heavy (non-hydrogen) atoms. The molecular formula is C24H32N4O5S. The van der Waals surface area contributed by atoms with Gasteiger partial charge in [0.25, 0.3) is 0 Å². The lowest BCUT2D eigenvalue weighted by Gasteiger charge is -2.34. The number of piperidine rings is 1. The molecule has 184 valence electrons. The second kappa shape index (κ2) is 11.0. The van der Waals surface area contributed by atoms with Gasteiger partial charge in [-0.3, -0.25) is 14.5 Å². The number of hydrogen-bond acceptors (Lipinski definition) is 6. The van der Waals surface area contributed by atoms with Crippen molar-refractivity contribution in [2.75, 3.05) is 23.7 Å². The number of nitrogens with one attached hydrogen (secondary N) is 3. The first-order chi connectivity index (χ1) is 16.1. The third kappa shape index (κ3) is 6.55. The molecule has 2 aromatic carbocycles. The topological polar surface area (TPSA) is 128 Å². The molecule has 9 nitrogen and oxygen atoms in total. The van der Waals surface area contributed by atoms with Gasteiger partial charge in [-0.1, -0.05) is 12.1 Å². The van der Waals surface area contributed by atoms with Crippen LogP contribution in [0.2, 0.25) is 0 Å². The normalized spacial score (nSPS) is 16.2. The van der Waals surface area contributed by atoms with Gasteiger partial charge in [-0.2, -0.15) is 0 Å². The van der Waals surface area contributed by atoms with Gasteiger partial charge in [-0.05, 0) is 83.1 Å². The van der Waals surface area contributed by atoms with Crippen LogP contribution < -0.4 is 15.4 Å². The number of anilines is 2. The highest BCUT2D eigenvalue weighted by molar-refractivity contribution is 7.89. The quantitative estimate of drug-likeness (QED) is 0.423. The van der Waals surface area contributed by atoms with Gasteiger partial charge in [0.05, 0.1) is 16.6 Å². The monoisotopic (exact) mass is 488 g/mol. The summed E-state index contributed by atoms with van der Waals surface area (Å²) in [6, 6.07) is 12.0. The number of phenols is 1. The van der Waals surface area contributed by atoms with E-state index in [2.05, 4.69) is 15.4 Å². The number of carbonyl (C=O) groups excluding carboxylic acids is 2. The summed E-state index contributed by atoms with van der Waals surface area (Å²) < 4.78 is 27.0. The van der Waals surface area contributed by atoms with Crippen LogP contribution in [-0.2, 0) is 19.6 Å². The Labute approximate surface area is 200 Å². The maximum atomic E-state index is 12.7. The van der Waals surface area contributed by atoms with Crippen molar-refractivity contribution in [3.8, 4) is 5.75 Å². The van der Waals surface area contributed by atoms with Crippen LogP contribution in [0.3, 0.4) is 0 Å². The lowest BCUT2D eigenvalue weighted by atomic mass is 9.94. The van der Waals surface area contributed by atoms with E-state index in [9.17, 15) is 23.1 Å². The predicted octanol–water partition coefficient (Wildman–Crippen LogP) is 2.76. The molecule has 4 N–H and O–H groups in total. The molecular weight excluding hydrogens is 456 g/mol. The molecule has 0 saturated carbocycles. The first-order valence-electron chi connectivity index (χ1n) is 11.3. The van der Waals surface area contributed by atoms with Crippen LogP contribution in [-0.4, -0.2) is 55.4 Å². The molecule has 1 fully saturated rings. The number of amides is 2. The summed E-state index contributed by atoms with van der Waals surface area (Å²) in [5, 5.41) is 15.4. The summed E-state index contributed by atoms with van der Waals surface area (Å²) in [4.78, 5) is 27.5. The number of phenolic OH excluding ortho intramolecular Hbond substituents is 1. The van der Waals surface area contributed by atoms with E-state index >= 15 is 0 Å². The highest BCUT2D eigenvalue weighted by Crippen LogP contribution is 2.25. The minimum Gasteiger partial charge on any atom is -0.506 e. The Morgan fingerprint density at radius 3 is 2.18 bits per heavy atom. The van der Waals surface area contributed by atoms with E-state index in [4.69, 9.17) is 0 Å². The average Bonchev–Trinajstić information content (AvgIpc) is 2.79. The number of rotatable bonds is 8. The standard InChI is InChI=1S/C24H32N4O5S/c1-16(2)27-34(32,33)20-10-8-19(9-11-20)25-23(30)17(3)28-14-12-18(13-15-28)24(31)26-21-6-4-5-7-22(21)29/h4-11,16-18,27,29H,12-15H2,1-3H3,(H,25,30)(H,26,31)/t17-/m0/s1. The van der Waals surface area contributed by atoms with Crippen LogP contribution in [0.25, 0.3) is 0 Å². The van der Waals surface area contributed by atoms with Crippen LogP contribution in [0.4, 0.5) is 11.4 Å². The fourth-order valence-corrected chi connectivity index (χ4v) is 5.12. The first-order valence-corrected chi connectivity index (χ1v) is 12.8. The van der Waals surface area contributed by atoms with E-state index in [1.165, 1.54) is 18.2 Å². The summed E-state index contributed by atoms with van der Waals surface area (Å²) >= 11 is 0. The second-order valence-corrected chi connectivity index (χ2v) is 10.5. The molecule has 0 spiro atoms. The second-order valence-electron chi connectivity index (χ2n) is 8.78. The SMILES string of the molecule is CC(C)NS(=O)(=O)c1ccc(NC(=O)[C@H](C)N2CCC(C(=O)Nc3ccccc3O)CC2)cc1. The third-order valence-corrected chi connectivity index (χ3v) is 7.49. The molecule has 1 heterocycles. The molecule has 2 amide bonds. The van der Waals surface area contributed by atoms with Crippen molar-refractivity contribution in [1.29, 1.82) is 0 Å². The number of carbonyl (C=O) groups is 2. The Morgan fingerprint density at radius 2 is 1.59 bits per heavy atom. The van der Waals surface area contributed by atoms with Gasteiger partial charge in [0.1, 0.15) is 5.75 Å². The van der Waals surface area contributed by atoms with Gasteiger partial charge in [0, 0.05) is 17.6 Å². The van der Waals surface area contributed by atoms with E-state index in [-0.39, 0.29) is 34.4 Å². The highest BCUT2D eigenvalue weighted by Gasteiger charge is 2.30. The van der Waals surface area contributed by atoms with Crippen LogP contribution in [0.15, 0.2) is 53.4 Å². The van der Waals surface area contributed by atoms with Crippen molar-refractivity contribution in [2.24, 2.45) is 5.92 Å². The first kappa shape index (κ1) is 25.7. The molecule has 0 unspecified atom stereocenters. The van der Waals surface area contributed by atoms with Crippen LogP contribution >= 0.6 is 0 Å². The van der Waals surface area contributed by atoms with Gasteiger partial charge in [-0.15, -0.1) is 0 Å². The molecule has 3 rings (SSSR count). The Bertz CT molecular complexity index is 1110. The Morgan fingerprint density at radius 1 is 0.971 bits per heavy atom. The molecule has 1 aliphatic heterocycles. The molecule has 1 saturated heterocycles. The van der Waals surface area contributed by atoms with Gasteiger partial charge in [0.2, 0.25) is 21.8 Å². The van der Waals surface area contributed by atoms with Crippen LogP contribution in [0.5, 0.6) is 5.75 Å². The zero-order valence-corrected chi connectivity index (χ0v) is 20.4. The van der Waals surface area contributed by atoms with E-state index < -0.39 is 16.1 Å². The molecule has 2 aromatic rings. The largest absolute Gasteiger partial charge is 0.506 e.